The fourth-order valence-electron chi connectivity index (χ4n) is 2.82. The van der Waals surface area contributed by atoms with E-state index in [0.717, 1.165) is 0 Å². The molecule has 1 aliphatic rings. The van der Waals surface area contributed by atoms with Crippen molar-refractivity contribution in [1.82, 2.24) is 15.8 Å². The molecule has 2 N–H and O–H groups in total. The van der Waals surface area contributed by atoms with E-state index in [1.54, 1.807) is 24.3 Å². The van der Waals surface area contributed by atoms with Gasteiger partial charge in [0.1, 0.15) is 17.0 Å². The van der Waals surface area contributed by atoms with Crippen LogP contribution >= 0.6 is 0 Å². The second kappa shape index (κ2) is 7.74. The van der Waals surface area contributed by atoms with Crippen molar-refractivity contribution in [3.05, 3.63) is 59.7 Å². The first-order valence-corrected chi connectivity index (χ1v) is 8.41. The summed E-state index contributed by atoms with van der Waals surface area (Å²) in [5, 5.41) is 3.12. The van der Waals surface area contributed by atoms with Gasteiger partial charge in [0.2, 0.25) is 0 Å². The van der Waals surface area contributed by atoms with E-state index in [-0.39, 0.29) is 11.3 Å². The van der Waals surface area contributed by atoms with E-state index in [4.69, 9.17) is 4.74 Å². The number of ether oxygens (including phenoxy) is 2. The van der Waals surface area contributed by atoms with Gasteiger partial charge in [0.25, 0.3) is 11.8 Å². The first-order chi connectivity index (χ1) is 13.7. The van der Waals surface area contributed by atoms with E-state index in [9.17, 15) is 23.2 Å². The van der Waals surface area contributed by atoms with Crippen molar-refractivity contribution in [2.75, 3.05) is 7.11 Å². The Morgan fingerprint density at radius 3 is 2.45 bits per heavy atom. The molecule has 152 valence electrons. The minimum Gasteiger partial charge on any atom is -0.497 e. The number of hydrazine groups is 1. The summed E-state index contributed by atoms with van der Waals surface area (Å²) in [6.07, 6.45) is 0. The van der Waals surface area contributed by atoms with E-state index in [1.807, 2.05) is 0 Å². The second-order valence-corrected chi connectivity index (χ2v) is 6.27. The minimum absolute atomic E-state index is 0.0437. The van der Waals surface area contributed by atoms with Crippen LogP contribution in [0.15, 0.2) is 48.5 Å². The average Bonchev–Trinajstić information content (AvgIpc) is 2.92. The summed E-state index contributed by atoms with van der Waals surface area (Å²) >= 11 is 0. The standard InChI is InChI=1S/C19H17F2N3O5/c1-19(12-4-3-5-14(10-12)28-2)16(26)24(18(27)22-19)23-15(25)11-6-8-13(9-7-11)29-17(20)21/h3-10,17H,1-2H3,(H,22,27)(H,23,25)/t19-/m1/s1. The fourth-order valence-corrected chi connectivity index (χ4v) is 2.82. The molecule has 1 atom stereocenters. The lowest BCUT2D eigenvalue weighted by atomic mass is 9.92. The summed E-state index contributed by atoms with van der Waals surface area (Å²) in [5.74, 6) is -1.09. The number of hydrogen-bond donors (Lipinski definition) is 2. The fraction of sp³-hybridized carbons (Fsp3) is 0.211. The molecule has 3 rings (SSSR count). The predicted molar refractivity (Wildman–Crippen MR) is 96.3 cm³/mol. The van der Waals surface area contributed by atoms with Crippen molar-refractivity contribution in [2.24, 2.45) is 0 Å². The van der Waals surface area contributed by atoms with Crippen molar-refractivity contribution in [1.29, 1.82) is 0 Å². The summed E-state index contributed by atoms with van der Waals surface area (Å²) in [4.78, 5) is 37.6. The van der Waals surface area contributed by atoms with Gasteiger partial charge in [0.05, 0.1) is 7.11 Å². The number of amides is 4. The number of nitrogens with one attached hydrogen (secondary N) is 2. The Balaban J connectivity index is 1.76. The summed E-state index contributed by atoms with van der Waals surface area (Å²) < 4.78 is 33.7. The van der Waals surface area contributed by atoms with Gasteiger partial charge in [-0.3, -0.25) is 15.0 Å². The van der Waals surface area contributed by atoms with Gasteiger partial charge in [-0.15, -0.1) is 0 Å². The molecule has 0 spiro atoms. The highest BCUT2D eigenvalue weighted by Crippen LogP contribution is 2.30. The number of imide groups is 1. The molecule has 29 heavy (non-hydrogen) atoms. The van der Waals surface area contributed by atoms with Crippen LogP contribution in [0.5, 0.6) is 11.5 Å². The first-order valence-electron chi connectivity index (χ1n) is 8.41. The van der Waals surface area contributed by atoms with Crippen LogP contribution < -0.4 is 20.2 Å². The number of alkyl halides is 2. The zero-order valence-electron chi connectivity index (χ0n) is 15.4. The number of carbonyl (C=O) groups excluding carboxylic acids is 3. The van der Waals surface area contributed by atoms with Crippen LogP contribution in [-0.4, -0.2) is 36.6 Å². The second-order valence-electron chi connectivity index (χ2n) is 6.27. The molecule has 0 bridgehead atoms. The van der Waals surface area contributed by atoms with Crippen molar-refractivity contribution in [2.45, 2.75) is 19.1 Å². The van der Waals surface area contributed by atoms with E-state index in [1.165, 1.54) is 38.3 Å². The zero-order valence-corrected chi connectivity index (χ0v) is 15.4. The van der Waals surface area contributed by atoms with Crippen LogP contribution in [0.1, 0.15) is 22.8 Å². The molecular formula is C19H17F2N3O5. The van der Waals surface area contributed by atoms with Crippen molar-refractivity contribution in [3.8, 4) is 11.5 Å². The van der Waals surface area contributed by atoms with Gasteiger partial charge in [-0.25, -0.2) is 4.79 Å². The van der Waals surface area contributed by atoms with E-state index in [0.29, 0.717) is 16.3 Å². The molecule has 2 aromatic rings. The summed E-state index contributed by atoms with van der Waals surface area (Å²) in [6, 6.07) is 10.6. The van der Waals surface area contributed by atoms with Gasteiger partial charge in [0.15, 0.2) is 0 Å². The van der Waals surface area contributed by atoms with E-state index < -0.39 is 30.0 Å². The monoisotopic (exact) mass is 405 g/mol. The molecule has 1 heterocycles. The quantitative estimate of drug-likeness (QED) is 0.720. The maximum atomic E-state index is 12.9. The number of urea groups is 1. The topological polar surface area (TPSA) is 97.0 Å². The molecule has 10 heteroatoms. The molecule has 0 saturated carbocycles. The molecule has 0 radical (unpaired) electrons. The van der Waals surface area contributed by atoms with Gasteiger partial charge in [-0.05, 0) is 48.9 Å². The average molecular weight is 405 g/mol. The SMILES string of the molecule is COc1cccc([C@@]2(C)NC(=O)N(NC(=O)c3ccc(OC(F)F)cc3)C2=O)c1. The Kier molecular flexibility index (Phi) is 5.35. The van der Waals surface area contributed by atoms with E-state index >= 15 is 0 Å². The maximum absolute atomic E-state index is 12.9. The summed E-state index contributed by atoms with van der Waals surface area (Å²) in [6.45, 7) is -1.49. The lowest BCUT2D eigenvalue weighted by Gasteiger charge is -2.22. The molecule has 0 unspecified atom stereocenters. The predicted octanol–water partition coefficient (Wildman–Crippen LogP) is 2.41. The third-order valence-electron chi connectivity index (χ3n) is 4.39. The van der Waals surface area contributed by atoms with E-state index in [2.05, 4.69) is 15.5 Å². The molecule has 4 amide bonds. The first kappa shape index (κ1) is 20.1. The molecule has 1 fully saturated rings. The van der Waals surface area contributed by atoms with Gasteiger partial charge >= 0.3 is 12.6 Å². The molecule has 1 saturated heterocycles. The molecule has 8 nitrogen and oxygen atoms in total. The van der Waals surface area contributed by atoms with Crippen molar-refractivity contribution in [3.63, 3.8) is 0 Å². The van der Waals surface area contributed by atoms with Crippen LogP contribution in [0.3, 0.4) is 0 Å². The van der Waals surface area contributed by atoms with Gasteiger partial charge in [-0.2, -0.15) is 13.8 Å². The number of halogens is 2. The largest absolute Gasteiger partial charge is 0.497 e. The third-order valence-corrected chi connectivity index (χ3v) is 4.39. The van der Waals surface area contributed by atoms with Crippen LogP contribution in [0.4, 0.5) is 13.6 Å². The number of benzene rings is 2. The molecule has 0 aliphatic carbocycles. The Morgan fingerprint density at radius 1 is 1.14 bits per heavy atom. The summed E-state index contributed by atoms with van der Waals surface area (Å²) in [7, 11) is 1.47. The minimum atomic E-state index is -2.99. The number of methoxy groups -OCH3 is 1. The highest BCUT2D eigenvalue weighted by molar-refractivity contribution is 6.09. The van der Waals surface area contributed by atoms with Crippen LogP contribution in [-0.2, 0) is 10.3 Å². The Bertz CT molecular complexity index is 951. The lowest BCUT2D eigenvalue weighted by Crippen LogP contribution is -2.47. The summed E-state index contributed by atoms with van der Waals surface area (Å²) in [5.41, 5.74) is 1.33. The Labute approximate surface area is 164 Å². The molecule has 0 aromatic heterocycles. The van der Waals surface area contributed by atoms with Gasteiger partial charge in [0, 0.05) is 5.56 Å². The Morgan fingerprint density at radius 2 is 1.83 bits per heavy atom. The third kappa shape index (κ3) is 3.96. The maximum Gasteiger partial charge on any atom is 0.387 e. The normalized spacial score (nSPS) is 18.6. The molecular weight excluding hydrogens is 388 g/mol. The number of hydrogen-bond acceptors (Lipinski definition) is 5. The smallest absolute Gasteiger partial charge is 0.387 e. The number of carbonyl (C=O) groups is 3. The van der Waals surface area contributed by atoms with Crippen molar-refractivity contribution >= 4 is 17.8 Å². The highest BCUT2D eigenvalue weighted by Gasteiger charge is 2.50. The van der Waals surface area contributed by atoms with Crippen molar-refractivity contribution < 1.29 is 32.6 Å². The molecule has 1 aliphatic heterocycles. The molecule has 2 aromatic carbocycles. The number of rotatable bonds is 6. The van der Waals surface area contributed by atoms with Crippen LogP contribution in [0.2, 0.25) is 0 Å². The van der Waals surface area contributed by atoms with Gasteiger partial charge in [-0.1, -0.05) is 12.1 Å². The van der Waals surface area contributed by atoms with Gasteiger partial charge < -0.3 is 14.8 Å². The van der Waals surface area contributed by atoms with Crippen LogP contribution in [0.25, 0.3) is 0 Å². The number of nitrogens with zero attached hydrogens (tertiary/aromatic N) is 1. The lowest BCUT2D eigenvalue weighted by molar-refractivity contribution is -0.132. The van der Waals surface area contributed by atoms with Crippen LogP contribution in [0, 0.1) is 0 Å². The highest BCUT2D eigenvalue weighted by atomic mass is 19.3. The Hall–Kier alpha value is -3.69. The zero-order chi connectivity index (χ0) is 21.2.